The van der Waals surface area contributed by atoms with E-state index in [1.807, 2.05) is 45.2 Å². The van der Waals surface area contributed by atoms with Crippen molar-refractivity contribution in [1.29, 1.82) is 0 Å². The number of carboxylic acids is 1. The molecular formula is C11H8I2O4. The molecule has 1 aromatic rings. The fourth-order valence-corrected chi connectivity index (χ4v) is 2.95. The van der Waals surface area contributed by atoms with Crippen LogP contribution in [-0.2, 0) is 4.79 Å². The Kier molecular flexibility index (Phi) is 4.92. The molecule has 0 heterocycles. The lowest BCUT2D eigenvalue weighted by Gasteiger charge is -2.09. The van der Waals surface area contributed by atoms with E-state index in [2.05, 4.69) is 6.58 Å². The maximum atomic E-state index is 11.4. The SMILES string of the molecule is C=C(C)C(=O)Oc1c(I)cc(C(=O)O)cc1I. The molecule has 0 saturated carbocycles. The van der Waals surface area contributed by atoms with Crippen molar-refractivity contribution >= 4 is 57.1 Å². The van der Waals surface area contributed by atoms with E-state index in [9.17, 15) is 9.59 Å². The van der Waals surface area contributed by atoms with Gasteiger partial charge >= 0.3 is 11.9 Å². The largest absolute Gasteiger partial charge is 0.478 e. The highest BCUT2D eigenvalue weighted by Crippen LogP contribution is 2.29. The molecule has 17 heavy (non-hydrogen) atoms. The molecule has 6 heteroatoms. The topological polar surface area (TPSA) is 63.6 Å². The monoisotopic (exact) mass is 458 g/mol. The third kappa shape index (κ3) is 3.66. The van der Waals surface area contributed by atoms with Crippen LogP contribution in [0.3, 0.4) is 0 Å². The molecular weight excluding hydrogens is 450 g/mol. The first-order valence-corrected chi connectivity index (χ1v) is 6.58. The number of rotatable bonds is 3. The van der Waals surface area contributed by atoms with E-state index >= 15 is 0 Å². The second-order valence-electron chi connectivity index (χ2n) is 3.24. The zero-order valence-corrected chi connectivity index (χ0v) is 13.1. The van der Waals surface area contributed by atoms with Gasteiger partial charge in [0.05, 0.1) is 12.7 Å². The van der Waals surface area contributed by atoms with Gasteiger partial charge in [-0.15, -0.1) is 0 Å². The van der Waals surface area contributed by atoms with Crippen molar-refractivity contribution in [2.24, 2.45) is 0 Å². The van der Waals surface area contributed by atoms with Crippen LogP contribution in [0.25, 0.3) is 0 Å². The van der Waals surface area contributed by atoms with E-state index in [0.717, 1.165) is 0 Å². The van der Waals surface area contributed by atoms with Crippen LogP contribution in [-0.4, -0.2) is 17.0 Å². The van der Waals surface area contributed by atoms with Crippen molar-refractivity contribution in [3.8, 4) is 5.75 Å². The summed E-state index contributed by atoms with van der Waals surface area (Å²) in [6.45, 7) is 5.03. The highest BCUT2D eigenvalue weighted by Gasteiger charge is 2.15. The third-order valence-corrected chi connectivity index (χ3v) is 3.39. The zero-order chi connectivity index (χ0) is 13.2. The first kappa shape index (κ1) is 14.4. The number of halogens is 2. The van der Waals surface area contributed by atoms with E-state index in [1.165, 1.54) is 12.1 Å². The van der Waals surface area contributed by atoms with Gasteiger partial charge in [0, 0.05) is 5.57 Å². The molecule has 0 aromatic heterocycles. The Morgan fingerprint density at radius 3 is 2.12 bits per heavy atom. The van der Waals surface area contributed by atoms with Crippen molar-refractivity contribution in [2.75, 3.05) is 0 Å². The lowest BCUT2D eigenvalue weighted by atomic mass is 10.2. The normalized spacial score (nSPS) is 9.82. The highest BCUT2D eigenvalue weighted by molar-refractivity contribution is 14.1. The summed E-state index contributed by atoms with van der Waals surface area (Å²) in [6.07, 6.45) is 0. The molecule has 0 spiro atoms. The molecule has 0 unspecified atom stereocenters. The van der Waals surface area contributed by atoms with Crippen LogP contribution < -0.4 is 4.74 Å². The molecule has 0 aliphatic heterocycles. The van der Waals surface area contributed by atoms with Gasteiger partial charge in [-0.1, -0.05) is 6.58 Å². The molecule has 1 rings (SSSR count). The molecule has 90 valence electrons. The minimum atomic E-state index is -1.02. The Hall–Kier alpha value is -0.640. The molecule has 4 nitrogen and oxygen atoms in total. The summed E-state index contributed by atoms with van der Waals surface area (Å²) in [5, 5.41) is 8.87. The van der Waals surface area contributed by atoms with Crippen LogP contribution in [0.2, 0.25) is 0 Å². The second-order valence-corrected chi connectivity index (χ2v) is 5.57. The van der Waals surface area contributed by atoms with Gasteiger partial charge in [0.1, 0.15) is 0 Å². The van der Waals surface area contributed by atoms with Crippen molar-refractivity contribution in [3.63, 3.8) is 0 Å². The van der Waals surface area contributed by atoms with Gasteiger partial charge in [-0.25, -0.2) is 9.59 Å². The summed E-state index contributed by atoms with van der Waals surface area (Å²) in [5.41, 5.74) is 0.452. The Morgan fingerprint density at radius 2 is 1.76 bits per heavy atom. The summed E-state index contributed by atoms with van der Waals surface area (Å²) in [4.78, 5) is 22.2. The van der Waals surface area contributed by atoms with Crippen molar-refractivity contribution in [1.82, 2.24) is 0 Å². The molecule has 0 aliphatic carbocycles. The Balaban J connectivity index is 3.14. The van der Waals surface area contributed by atoms with Crippen molar-refractivity contribution in [3.05, 3.63) is 37.0 Å². The second kappa shape index (κ2) is 5.80. The number of carbonyl (C=O) groups excluding carboxylic acids is 1. The van der Waals surface area contributed by atoms with Crippen molar-refractivity contribution < 1.29 is 19.4 Å². The predicted molar refractivity (Wildman–Crippen MR) is 79.3 cm³/mol. The molecule has 0 aliphatic rings. The molecule has 1 aromatic carbocycles. The van der Waals surface area contributed by atoms with Crippen LogP contribution in [0.15, 0.2) is 24.3 Å². The number of hydrogen-bond donors (Lipinski definition) is 1. The van der Waals surface area contributed by atoms with E-state index in [4.69, 9.17) is 9.84 Å². The molecule has 0 bridgehead atoms. The fourth-order valence-electron chi connectivity index (χ4n) is 0.961. The average molecular weight is 458 g/mol. The lowest BCUT2D eigenvalue weighted by Crippen LogP contribution is -2.11. The number of aromatic carboxylic acids is 1. The first-order chi connectivity index (χ1) is 7.82. The first-order valence-electron chi connectivity index (χ1n) is 4.43. The average Bonchev–Trinajstić information content (AvgIpc) is 2.22. The quantitative estimate of drug-likeness (QED) is 0.328. The Labute approximate surface area is 125 Å². The molecule has 0 amide bonds. The van der Waals surface area contributed by atoms with Crippen LogP contribution in [0.5, 0.6) is 5.75 Å². The maximum Gasteiger partial charge on any atom is 0.338 e. The number of esters is 1. The van der Waals surface area contributed by atoms with Gasteiger partial charge in [0.2, 0.25) is 0 Å². The van der Waals surface area contributed by atoms with E-state index in [1.54, 1.807) is 6.92 Å². The van der Waals surface area contributed by atoms with Crippen LogP contribution in [0.1, 0.15) is 17.3 Å². The maximum absolute atomic E-state index is 11.4. The lowest BCUT2D eigenvalue weighted by molar-refractivity contribution is -0.130. The minimum absolute atomic E-state index is 0.161. The number of hydrogen-bond acceptors (Lipinski definition) is 3. The Morgan fingerprint density at radius 1 is 1.29 bits per heavy atom. The number of carbonyl (C=O) groups is 2. The van der Waals surface area contributed by atoms with E-state index < -0.39 is 11.9 Å². The third-order valence-electron chi connectivity index (χ3n) is 1.79. The van der Waals surface area contributed by atoms with E-state index in [-0.39, 0.29) is 5.56 Å². The van der Waals surface area contributed by atoms with Crippen LogP contribution in [0.4, 0.5) is 0 Å². The standard InChI is InChI=1S/C11H8I2O4/c1-5(2)11(16)17-9-7(12)3-6(10(14)15)4-8(9)13/h3-4H,1H2,2H3,(H,14,15). The van der Waals surface area contributed by atoms with Gasteiger partial charge in [0.25, 0.3) is 0 Å². The molecule has 0 radical (unpaired) electrons. The smallest absolute Gasteiger partial charge is 0.338 e. The van der Waals surface area contributed by atoms with Crippen molar-refractivity contribution in [2.45, 2.75) is 6.92 Å². The van der Waals surface area contributed by atoms with Gasteiger partial charge < -0.3 is 9.84 Å². The summed E-state index contributed by atoms with van der Waals surface area (Å²) in [5.74, 6) is -1.17. The number of benzene rings is 1. The van der Waals surface area contributed by atoms with Gasteiger partial charge in [-0.05, 0) is 64.2 Å². The van der Waals surface area contributed by atoms with E-state index in [0.29, 0.717) is 18.5 Å². The van der Waals surface area contributed by atoms with Crippen LogP contribution in [0, 0.1) is 7.14 Å². The minimum Gasteiger partial charge on any atom is -0.478 e. The van der Waals surface area contributed by atoms with Gasteiger partial charge in [0.15, 0.2) is 5.75 Å². The van der Waals surface area contributed by atoms with Crippen LogP contribution >= 0.6 is 45.2 Å². The highest BCUT2D eigenvalue weighted by atomic mass is 127. The Bertz CT molecular complexity index is 485. The molecule has 0 saturated heterocycles. The molecule has 0 fully saturated rings. The predicted octanol–water partition coefficient (Wildman–Crippen LogP) is 3.08. The number of carboxylic acid groups (broad SMARTS) is 1. The summed E-state index contributed by atoms with van der Waals surface area (Å²) in [7, 11) is 0. The summed E-state index contributed by atoms with van der Waals surface area (Å²) in [6, 6.07) is 2.90. The zero-order valence-electron chi connectivity index (χ0n) is 8.79. The number of ether oxygens (including phenoxy) is 1. The van der Waals surface area contributed by atoms with Gasteiger partial charge in [-0.3, -0.25) is 0 Å². The molecule has 1 N–H and O–H groups in total. The van der Waals surface area contributed by atoms with Gasteiger partial charge in [-0.2, -0.15) is 0 Å². The fraction of sp³-hybridized carbons (Fsp3) is 0.0909. The molecule has 0 atom stereocenters. The summed E-state index contributed by atoms with van der Waals surface area (Å²) >= 11 is 3.85. The summed E-state index contributed by atoms with van der Waals surface area (Å²) < 4.78 is 6.27.